The minimum atomic E-state index is -0.906. The summed E-state index contributed by atoms with van der Waals surface area (Å²) in [6.07, 6.45) is 6.22. The van der Waals surface area contributed by atoms with Crippen molar-refractivity contribution in [3.63, 3.8) is 0 Å². The van der Waals surface area contributed by atoms with Crippen molar-refractivity contribution in [2.24, 2.45) is 0 Å². The van der Waals surface area contributed by atoms with Crippen LogP contribution in [0.2, 0.25) is 0 Å². The van der Waals surface area contributed by atoms with E-state index in [1.54, 1.807) is 12.5 Å². The van der Waals surface area contributed by atoms with E-state index in [4.69, 9.17) is 4.74 Å². The predicted molar refractivity (Wildman–Crippen MR) is 125 cm³/mol. The van der Waals surface area contributed by atoms with Crippen molar-refractivity contribution in [3.05, 3.63) is 35.9 Å². The Morgan fingerprint density at radius 2 is 1.65 bits per heavy atom. The fourth-order valence-corrected chi connectivity index (χ4v) is 5.63. The van der Waals surface area contributed by atoms with Gasteiger partial charge in [0.25, 0.3) is 0 Å². The zero-order valence-corrected chi connectivity index (χ0v) is 20.0. The number of benzene rings is 1. The minimum Gasteiger partial charge on any atom is -0.446 e. The quantitative estimate of drug-likeness (QED) is 0.399. The lowest BCUT2D eigenvalue weighted by Gasteiger charge is -2.46. The van der Waals surface area contributed by atoms with Crippen LogP contribution in [-0.2, 0) is 9.53 Å². The lowest BCUT2D eigenvalue weighted by molar-refractivity contribution is -0.855. The highest BCUT2D eigenvalue weighted by Gasteiger charge is 2.52. The van der Waals surface area contributed by atoms with E-state index in [0.29, 0.717) is 25.6 Å². The lowest BCUT2D eigenvalue weighted by Crippen LogP contribution is -2.72. The zero-order valence-electron chi connectivity index (χ0n) is 20.0. The number of carbonyl (C=O) groups excluding carboxylic acids is 3. The molecule has 0 unspecified atom stereocenters. The Hall–Kier alpha value is -2.65. The number of piperidine rings is 1. The van der Waals surface area contributed by atoms with Gasteiger partial charge in [-0.3, -0.25) is 19.8 Å². The van der Waals surface area contributed by atoms with Crippen LogP contribution in [-0.4, -0.2) is 89.4 Å². The van der Waals surface area contributed by atoms with E-state index < -0.39 is 18.0 Å². The molecule has 2 N–H and O–H groups in total. The molecular weight excluding hydrogens is 436 g/mol. The van der Waals surface area contributed by atoms with Gasteiger partial charge < -0.3 is 4.74 Å². The molecule has 2 saturated heterocycles. The summed E-state index contributed by atoms with van der Waals surface area (Å²) < 4.78 is 5.51. The highest BCUT2D eigenvalue weighted by molar-refractivity contribution is 5.83. The van der Waals surface area contributed by atoms with Gasteiger partial charge in [-0.05, 0) is 50.0 Å². The van der Waals surface area contributed by atoms with Crippen molar-refractivity contribution >= 4 is 18.0 Å². The van der Waals surface area contributed by atoms with Gasteiger partial charge in [0.2, 0.25) is 0 Å². The Bertz CT molecular complexity index is 867. The summed E-state index contributed by atoms with van der Waals surface area (Å²) in [6.45, 7) is 1.87. The van der Waals surface area contributed by atoms with Crippen molar-refractivity contribution in [1.29, 1.82) is 0 Å². The standard InChI is InChI=1S/C25H36N4O5/c1-29(24(31)27-14-12-20(13-15-27)19-8-4-2-5-9-19)17-16-28(18-22(29)23(30)26-33)25(32)34-21-10-6-3-7-11-21/h2,4-5,8-9,20-22H,3,6-7,10-18H2,1H3,(H-,26,30,33)/p+1/t22-,29-/m0/s1. The highest BCUT2D eigenvalue weighted by Crippen LogP contribution is 2.30. The maximum absolute atomic E-state index is 13.6. The largest absolute Gasteiger partial charge is 0.446 e. The average molecular weight is 474 g/mol. The molecule has 0 aromatic heterocycles. The van der Waals surface area contributed by atoms with E-state index >= 15 is 0 Å². The fraction of sp³-hybridized carbons (Fsp3) is 0.640. The Balaban J connectivity index is 1.40. The molecule has 1 aromatic carbocycles. The molecule has 3 aliphatic rings. The molecule has 2 atom stereocenters. The van der Waals surface area contributed by atoms with Gasteiger partial charge in [-0.25, -0.2) is 19.6 Å². The van der Waals surface area contributed by atoms with Gasteiger partial charge in [-0.2, -0.15) is 0 Å². The summed E-state index contributed by atoms with van der Waals surface area (Å²) >= 11 is 0. The molecule has 4 rings (SSSR count). The van der Waals surface area contributed by atoms with E-state index in [1.165, 1.54) is 10.5 Å². The maximum atomic E-state index is 13.6. The third-order valence-corrected chi connectivity index (χ3v) is 7.88. The second-order valence-electron chi connectivity index (χ2n) is 10.0. The first-order chi connectivity index (χ1) is 16.4. The molecule has 0 spiro atoms. The smallest absolute Gasteiger partial charge is 0.419 e. The number of quaternary nitrogens is 1. The average Bonchev–Trinajstić information content (AvgIpc) is 2.89. The summed E-state index contributed by atoms with van der Waals surface area (Å²) in [5, 5.41) is 9.39. The molecule has 4 amide bonds. The maximum Gasteiger partial charge on any atom is 0.419 e. The number of rotatable bonds is 3. The van der Waals surface area contributed by atoms with Gasteiger partial charge >= 0.3 is 18.0 Å². The number of hydroxylamine groups is 1. The van der Waals surface area contributed by atoms with Gasteiger partial charge in [0, 0.05) is 13.1 Å². The first kappa shape index (κ1) is 24.5. The number of ether oxygens (including phenoxy) is 1. The number of carbonyl (C=O) groups is 3. The molecule has 9 heteroatoms. The summed E-state index contributed by atoms with van der Waals surface area (Å²) in [7, 11) is 1.73. The van der Waals surface area contributed by atoms with Gasteiger partial charge in [-0.1, -0.05) is 36.8 Å². The Morgan fingerprint density at radius 3 is 2.29 bits per heavy atom. The van der Waals surface area contributed by atoms with Crippen molar-refractivity contribution in [2.75, 3.05) is 39.8 Å². The van der Waals surface area contributed by atoms with Crippen molar-refractivity contribution in [2.45, 2.75) is 63.0 Å². The number of likely N-dealkylation sites (tertiary alicyclic amines) is 1. The molecule has 1 saturated carbocycles. The molecule has 9 nitrogen and oxygen atoms in total. The molecule has 0 bridgehead atoms. The summed E-state index contributed by atoms with van der Waals surface area (Å²) in [5.74, 6) is -0.247. The molecule has 2 aliphatic heterocycles. The number of likely N-dealkylation sites (N-methyl/N-ethyl adjacent to an activating group) is 1. The van der Waals surface area contributed by atoms with Crippen LogP contribution in [0.1, 0.15) is 56.4 Å². The van der Waals surface area contributed by atoms with E-state index in [0.717, 1.165) is 44.9 Å². The number of nitrogens with one attached hydrogen (secondary N) is 1. The van der Waals surface area contributed by atoms with E-state index in [-0.39, 0.29) is 29.7 Å². The normalized spacial score (nSPS) is 26.7. The Kier molecular flexibility index (Phi) is 7.73. The number of piperazine rings is 1. The van der Waals surface area contributed by atoms with E-state index in [1.807, 2.05) is 23.1 Å². The first-order valence-corrected chi connectivity index (χ1v) is 12.5. The molecule has 1 aliphatic carbocycles. The third kappa shape index (κ3) is 5.20. The van der Waals surface area contributed by atoms with Crippen LogP contribution in [0.4, 0.5) is 9.59 Å². The zero-order chi connectivity index (χ0) is 24.1. The summed E-state index contributed by atoms with van der Waals surface area (Å²) in [5.41, 5.74) is 3.00. The Morgan fingerprint density at radius 1 is 0.971 bits per heavy atom. The van der Waals surface area contributed by atoms with Crippen LogP contribution in [0.5, 0.6) is 0 Å². The number of nitrogens with zero attached hydrogens (tertiary/aromatic N) is 3. The highest BCUT2D eigenvalue weighted by atomic mass is 16.6. The number of amides is 4. The third-order valence-electron chi connectivity index (χ3n) is 7.88. The fourth-order valence-electron chi connectivity index (χ4n) is 5.63. The molecule has 0 radical (unpaired) electrons. The second kappa shape index (κ2) is 10.7. The summed E-state index contributed by atoms with van der Waals surface area (Å²) in [6, 6.07) is 9.29. The van der Waals surface area contributed by atoms with Crippen molar-refractivity contribution in [1.82, 2.24) is 15.3 Å². The predicted octanol–water partition coefficient (Wildman–Crippen LogP) is 3.09. The molecular formula is C25H37N4O5+. The number of urea groups is 1. The van der Waals surface area contributed by atoms with E-state index in [2.05, 4.69) is 12.1 Å². The molecule has 1 aromatic rings. The number of hydrogen-bond acceptors (Lipinski definition) is 5. The first-order valence-electron chi connectivity index (χ1n) is 12.5. The van der Waals surface area contributed by atoms with E-state index in [9.17, 15) is 19.6 Å². The van der Waals surface area contributed by atoms with Crippen LogP contribution >= 0.6 is 0 Å². The topological polar surface area (TPSA) is 99.2 Å². The summed E-state index contributed by atoms with van der Waals surface area (Å²) in [4.78, 5) is 42.4. The molecule has 2 heterocycles. The van der Waals surface area contributed by atoms with Gasteiger partial charge in [0.1, 0.15) is 12.6 Å². The second-order valence-corrected chi connectivity index (χ2v) is 10.0. The van der Waals surface area contributed by atoms with Crippen molar-refractivity contribution < 1.29 is 28.8 Å². The van der Waals surface area contributed by atoms with Gasteiger partial charge in [-0.15, -0.1) is 0 Å². The van der Waals surface area contributed by atoms with Crippen LogP contribution < -0.4 is 5.48 Å². The molecule has 34 heavy (non-hydrogen) atoms. The van der Waals surface area contributed by atoms with Crippen LogP contribution in [0, 0.1) is 0 Å². The number of hydrogen-bond donors (Lipinski definition) is 2. The Labute approximate surface area is 201 Å². The van der Waals surface area contributed by atoms with Crippen LogP contribution in [0.3, 0.4) is 0 Å². The monoisotopic (exact) mass is 473 g/mol. The molecule has 3 fully saturated rings. The minimum absolute atomic E-state index is 0.0284. The van der Waals surface area contributed by atoms with Gasteiger partial charge in [0.05, 0.1) is 20.1 Å². The van der Waals surface area contributed by atoms with Gasteiger partial charge in [0.15, 0.2) is 6.04 Å². The van der Waals surface area contributed by atoms with Crippen LogP contribution in [0.15, 0.2) is 30.3 Å². The molecule has 186 valence electrons. The SMILES string of the molecule is C[N@+]1(C(=O)N2CCC(c3ccccc3)CC2)CCN(C(=O)OC2CCCCC2)C[C@H]1C(=O)NO. The lowest BCUT2D eigenvalue weighted by atomic mass is 9.89. The van der Waals surface area contributed by atoms with Crippen LogP contribution in [0.25, 0.3) is 0 Å². The van der Waals surface area contributed by atoms with Crippen molar-refractivity contribution in [3.8, 4) is 0 Å².